The fourth-order valence-corrected chi connectivity index (χ4v) is 0.698. The summed E-state index contributed by atoms with van der Waals surface area (Å²) in [7, 11) is 0. The number of aromatic nitrogens is 1. The number of hydrogen-bond donors (Lipinski definition) is 0. The quantitative estimate of drug-likeness (QED) is 0.559. The van der Waals surface area contributed by atoms with Crippen molar-refractivity contribution in [3.8, 4) is 0 Å². The van der Waals surface area contributed by atoms with Gasteiger partial charge >= 0.3 is 0 Å². The summed E-state index contributed by atoms with van der Waals surface area (Å²) >= 11 is 0. The summed E-state index contributed by atoms with van der Waals surface area (Å²) in [6.07, 6.45) is 0. The van der Waals surface area contributed by atoms with Gasteiger partial charge in [0.05, 0.1) is 0 Å². The summed E-state index contributed by atoms with van der Waals surface area (Å²) in [5, 5.41) is 0. The first-order chi connectivity index (χ1) is 4.33. The van der Waals surface area contributed by atoms with Crippen LogP contribution in [0.3, 0.4) is 0 Å². The van der Waals surface area contributed by atoms with E-state index < -0.39 is 0 Å². The van der Waals surface area contributed by atoms with Crippen LogP contribution in [0, 0.1) is 6.92 Å². The van der Waals surface area contributed by atoms with Crippen LogP contribution in [0.15, 0.2) is 18.2 Å². The minimum Gasteiger partial charge on any atom is -0.672 e. The van der Waals surface area contributed by atoms with Crippen LogP contribution in [-0.4, -0.2) is 4.98 Å². The average Bonchev–Trinajstić information content (AvgIpc) is 1.88. The number of hydrogen-bond acceptors (Lipinski definition) is 1. The molecule has 1 aromatic rings. The summed E-state index contributed by atoms with van der Waals surface area (Å²) in [5.41, 5.74) is 8.81. The van der Waals surface area contributed by atoms with Crippen molar-refractivity contribution in [3.63, 3.8) is 0 Å². The van der Waals surface area contributed by atoms with E-state index in [9.17, 15) is 0 Å². The third-order valence-electron chi connectivity index (χ3n) is 1.13. The fraction of sp³-hybridized carbons (Fsp3) is 0.286. The third-order valence-corrected chi connectivity index (χ3v) is 1.13. The molecule has 0 bridgehead atoms. The van der Waals surface area contributed by atoms with E-state index in [4.69, 9.17) is 5.73 Å². The summed E-state index contributed by atoms with van der Waals surface area (Å²) in [5.74, 6) is 0. The Morgan fingerprint density at radius 3 is 2.78 bits per heavy atom. The minimum atomic E-state index is 0.279. The number of nitrogens with one attached hydrogen (secondary N) is 1. The average molecular weight is 121 g/mol. The van der Waals surface area contributed by atoms with Crippen molar-refractivity contribution in [2.24, 2.45) is 0 Å². The van der Waals surface area contributed by atoms with Gasteiger partial charge in [0.25, 0.3) is 0 Å². The lowest BCUT2D eigenvalue weighted by Gasteiger charge is -2.00. The van der Waals surface area contributed by atoms with Crippen LogP contribution in [0.2, 0.25) is 0 Å². The molecule has 1 N–H and O–H groups in total. The molecule has 0 unspecified atom stereocenters. The highest BCUT2D eigenvalue weighted by atomic mass is 14.7. The molecule has 0 spiro atoms. The molecule has 0 fully saturated rings. The molecular weight excluding hydrogens is 112 g/mol. The highest BCUT2D eigenvalue weighted by Crippen LogP contribution is 1.97. The SMILES string of the molecule is Cc1cccc(C[NH-])n1. The van der Waals surface area contributed by atoms with Gasteiger partial charge in [-0.25, -0.2) is 0 Å². The summed E-state index contributed by atoms with van der Waals surface area (Å²) < 4.78 is 0. The molecule has 0 aromatic carbocycles. The zero-order valence-electron chi connectivity index (χ0n) is 5.39. The summed E-state index contributed by atoms with van der Waals surface area (Å²) in [6, 6.07) is 5.71. The van der Waals surface area contributed by atoms with Gasteiger partial charge in [-0.1, -0.05) is 6.07 Å². The van der Waals surface area contributed by atoms with Crippen molar-refractivity contribution < 1.29 is 0 Å². The van der Waals surface area contributed by atoms with E-state index in [2.05, 4.69) is 4.98 Å². The predicted octanol–water partition coefficient (Wildman–Crippen LogP) is 1.94. The lowest BCUT2D eigenvalue weighted by atomic mass is 10.3. The molecule has 0 aliphatic carbocycles. The Morgan fingerprint density at radius 2 is 2.33 bits per heavy atom. The van der Waals surface area contributed by atoms with E-state index in [1.807, 2.05) is 25.1 Å². The van der Waals surface area contributed by atoms with Crippen molar-refractivity contribution >= 4 is 0 Å². The predicted molar refractivity (Wildman–Crippen MR) is 37.0 cm³/mol. The van der Waals surface area contributed by atoms with Crippen LogP contribution in [0.1, 0.15) is 11.4 Å². The van der Waals surface area contributed by atoms with E-state index >= 15 is 0 Å². The largest absolute Gasteiger partial charge is 0.672 e. The monoisotopic (exact) mass is 121 g/mol. The maximum Gasteiger partial charge on any atom is 0.0375 e. The minimum absolute atomic E-state index is 0.279. The Hall–Kier alpha value is -0.890. The summed E-state index contributed by atoms with van der Waals surface area (Å²) in [6.45, 7) is 2.21. The lowest BCUT2D eigenvalue weighted by molar-refractivity contribution is 1.07. The van der Waals surface area contributed by atoms with Gasteiger partial charge in [-0.3, -0.25) is 4.98 Å². The molecule has 2 nitrogen and oxygen atoms in total. The molecule has 1 aromatic heterocycles. The van der Waals surface area contributed by atoms with Crippen molar-refractivity contribution in [2.45, 2.75) is 13.5 Å². The van der Waals surface area contributed by atoms with Crippen molar-refractivity contribution in [1.82, 2.24) is 4.98 Å². The Labute approximate surface area is 54.7 Å². The molecule has 0 radical (unpaired) electrons. The van der Waals surface area contributed by atoms with Gasteiger partial charge in [-0.2, -0.15) is 0 Å². The smallest absolute Gasteiger partial charge is 0.0375 e. The molecule has 1 rings (SSSR count). The second-order valence-electron chi connectivity index (χ2n) is 1.95. The van der Waals surface area contributed by atoms with Gasteiger partial charge in [-0.15, -0.1) is 6.54 Å². The molecule has 0 aliphatic heterocycles. The zero-order valence-corrected chi connectivity index (χ0v) is 5.39. The normalized spacial score (nSPS) is 9.56. The van der Waals surface area contributed by atoms with Crippen LogP contribution in [0.4, 0.5) is 0 Å². The van der Waals surface area contributed by atoms with E-state index in [-0.39, 0.29) is 6.54 Å². The van der Waals surface area contributed by atoms with E-state index in [0.717, 1.165) is 11.4 Å². The number of nitrogens with zero attached hydrogens (tertiary/aromatic N) is 1. The Bertz CT molecular complexity index is 196. The molecular formula is C7H9N2-. The number of rotatable bonds is 1. The highest BCUT2D eigenvalue weighted by Gasteiger charge is 1.84. The van der Waals surface area contributed by atoms with Gasteiger partial charge in [0.2, 0.25) is 0 Å². The fourth-order valence-electron chi connectivity index (χ4n) is 0.698. The van der Waals surface area contributed by atoms with E-state index in [0.29, 0.717) is 0 Å². The first kappa shape index (κ1) is 6.23. The molecule has 0 aliphatic rings. The van der Waals surface area contributed by atoms with Gasteiger partial charge in [-0.05, 0) is 19.1 Å². The number of aryl methyl sites for hydroxylation is 1. The van der Waals surface area contributed by atoms with Crippen LogP contribution in [0.5, 0.6) is 0 Å². The Kier molecular flexibility index (Phi) is 1.80. The molecule has 0 amide bonds. The number of pyridine rings is 1. The molecule has 9 heavy (non-hydrogen) atoms. The Balaban J connectivity index is 2.94. The van der Waals surface area contributed by atoms with Gasteiger partial charge in [0, 0.05) is 11.4 Å². The van der Waals surface area contributed by atoms with Crippen molar-refractivity contribution in [2.75, 3.05) is 0 Å². The molecule has 0 saturated carbocycles. The van der Waals surface area contributed by atoms with Crippen LogP contribution in [0.25, 0.3) is 5.73 Å². The van der Waals surface area contributed by atoms with Crippen molar-refractivity contribution in [1.29, 1.82) is 0 Å². The first-order valence-corrected chi connectivity index (χ1v) is 2.90. The molecule has 48 valence electrons. The van der Waals surface area contributed by atoms with E-state index in [1.165, 1.54) is 0 Å². The van der Waals surface area contributed by atoms with Crippen LogP contribution in [-0.2, 0) is 6.54 Å². The Morgan fingerprint density at radius 1 is 1.56 bits per heavy atom. The zero-order chi connectivity index (χ0) is 6.69. The van der Waals surface area contributed by atoms with Gasteiger partial charge in [0.1, 0.15) is 0 Å². The standard InChI is InChI=1S/C7H9N2/c1-6-3-2-4-7(5-8)9-6/h2-4,8H,5H2,1H3/q-1. The second-order valence-corrected chi connectivity index (χ2v) is 1.95. The molecule has 0 saturated heterocycles. The van der Waals surface area contributed by atoms with Crippen LogP contribution >= 0.6 is 0 Å². The third kappa shape index (κ3) is 1.50. The first-order valence-electron chi connectivity index (χ1n) is 2.90. The molecule has 1 heterocycles. The second kappa shape index (κ2) is 2.60. The van der Waals surface area contributed by atoms with Gasteiger partial charge < -0.3 is 5.73 Å². The maximum atomic E-state index is 6.98. The molecule has 2 heteroatoms. The summed E-state index contributed by atoms with van der Waals surface area (Å²) in [4.78, 5) is 4.10. The topological polar surface area (TPSA) is 36.7 Å². The highest BCUT2D eigenvalue weighted by molar-refractivity contribution is 5.10. The molecule has 0 atom stereocenters. The maximum absolute atomic E-state index is 6.98. The van der Waals surface area contributed by atoms with Crippen molar-refractivity contribution in [3.05, 3.63) is 35.3 Å². The van der Waals surface area contributed by atoms with Crippen LogP contribution < -0.4 is 0 Å². The lowest BCUT2D eigenvalue weighted by Crippen LogP contribution is -1.86. The van der Waals surface area contributed by atoms with Gasteiger partial charge in [0.15, 0.2) is 0 Å². The van der Waals surface area contributed by atoms with E-state index in [1.54, 1.807) is 0 Å².